The van der Waals surface area contributed by atoms with Crippen molar-refractivity contribution in [1.82, 2.24) is 4.98 Å². The van der Waals surface area contributed by atoms with E-state index in [2.05, 4.69) is 4.98 Å². The molecule has 1 fully saturated rings. The number of aromatic nitrogens is 1. The van der Waals surface area contributed by atoms with Gasteiger partial charge in [-0.05, 0) is 30.7 Å². The van der Waals surface area contributed by atoms with Gasteiger partial charge in [0, 0.05) is 40.6 Å². The van der Waals surface area contributed by atoms with E-state index >= 15 is 0 Å². The van der Waals surface area contributed by atoms with E-state index in [1.807, 2.05) is 31.2 Å². The molecule has 2 amide bonds. The molecule has 2 aliphatic rings. The van der Waals surface area contributed by atoms with E-state index in [1.165, 1.54) is 42.5 Å². The Morgan fingerprint density at radius 2 is 1.64 bits per heavy atom. The van der Waals surface area contributed by atoms with Crippen LogP contribution >= 0.6 is 23.1 Å². The smallest absolute Gasteiger partial charge is 0.305 e. The van der Waals surface area contributed by atoms with Crippen LogP contribution in [-0.4, -0.2) is 31.9 Å². The number of carbonyl (C=O) groups is 2. The third kappa shape index (κ3) is 4.73. The lowest BCUT2D eigenvalue weighted by Gasteiger charge is -2.30. The van der Waals surface area contributed by atoms with Gasteiger partial charge in [-0.15, -0.1) is 0 Å². The maximum atomic E-state index is 14.0. The second-order valence-corrected chi connectivity index (χ2v) is 12.0. The molecule has 0 saturated carbocycles. The normalized spacial score (nSPS) is 19.4. The lowest BCUT2D eigenvalue weighted by atomic mass is 9.82. The molecule has 2 aliphatic heterocycles. The summed E-state index contributed by atoms with van der Waals surface area (Å²) in [5.74, 6) is -2.81. The zero-order valence-corrected chi connectivity index (χ0v) is 23.3. The van der Waals surface area contributed by atoms with Gasteiger partial charge in [-0.3, -0.25) is 34.6 Å². The van der Waals surface area contributed by atoms with Crippen LogP contribution in [0.1, 0.15) is 27.5 Å². The number of H-pyrrole nitrogens is 1. The highest BCUT2D eigenvalue weighted by atomic mass is 32.2. The van der Waals surface area contributed by atoms with Crippen molar-refractivity contribution in [2.45, 2.75) is 29.7 Å². The van der Waals surface area contributed by atoms with Gasteiger partial charge in [0.05, 0.1) is 26.5 Å². The van der Waals surface area contributed by atoms with Gasteiger partial charge in [-0.25, -0.2) is 4.90 Å². The van der Waals surface area contributed by atoms with Gasteiger partial charge in [0.2, 0.25) is 11.8 Å². The molecule has 0 aliphatic carbocycles. The van der Waals surface area contributed by atoms with Gasteiger partial charge in [0.1, 0.15) is 17.6 Å². The highest BCUT2D eigenvalue weighted by Crippen LogP contribution is 2.55. The van der Waals surface area contributed by atoms with Gasteiger partial charge < -0.3 is 9.72 Å². The summed E-state index contributed by atoms with van der Waals surface area (Å²) in [6.45, 7) is 2.08. The first-order valence-corrected chi connectivity index (χ1v) is 14.3. The predicted molar refractivity (Wildman–Crippen MR) is 154 cm³/mol. The van der Waals surface area contributed by atoms with Crippen LogP contribution in [0.25, 0.3) is 0 Å². The number of hydrogen-bond acceptors (Lipinski definition) is 10. The monoisotopic (exact) mass is 604 g/mol. The summed E-state index contributed by atoms with van der Waals surface area (Å²) in [6.07, 6.45) is 0. The standard InChI is InChI=1S/C28H20N4O8S2/c1-14-3-2-4-15(11-14)13-40-20-10-9-18(32(38)39)12-19(20)21-22-24(41-25-23(21)42-28(35)29-25)27(34)30(26(22)33)16-5-7-17(8-6-16)31(36)37/h2-12,21-22,24H,13H2,1H3,(H,29,35)/t21-,22?,24?/m1/s1. The van der Waals surface area contributed by atoms with Crippen molar-refractivity contribution in [2.75, 3.05) is 4.90 Å². The van der Waals surface area contributed by atoms with Crippen LogP contribution in [-0.2, 0) is 16.2 Å². The van der Waals surface area contributed by atoms with Crippen LogP contribution in [0.4, 0.5) is 17.1 Å². The average molecular weight is 605 g/mol. The Balaban J connectivity index is 1.46. The first kappa shape index (κ1) is 27.4. The number of anilines is 1. The summed E-state index contributed by atoms with van der Waals surface area (Å²) in [5.41, 5.74) is 1.91. The molecule has 1 N–H and O–H groups in total. The van der Waals surface area contributed by atoms with Gasteiger partial charge in [-0.2, -0.15) is 0 Å². The lowest BCUT2D eigenvalue weighted by Crippen LogP contribution is -2.32. The number of nitro benzene ring substituents is 2. The molecule has 12 nitrogen and oxygen atoms in total. The van der Waals surface area contributed by atoms with Crippen molar-refractivity contribution in [1.29, 1.82) is 0 Å². The summed E-state index contributed by atoms with van der Waals surface area (Å²) in [7, 11) is 0. The molecule has 4 aromatic rings. The molecular formula is C28H20N4O8S2. The van der Waals surface area contributed by atoms with E-state index in [0.29, 0.717) is 15.5 Å². The van der Waals surface area contributed by atoms with E-state index < -0.39 is 43.6 Å². The Bertz CT molecular complexity index is 1830. The average Bonchev–Trinajstić information content (AvgIpc) is 3.46. The fourth-order valence-corrected chi connectivity index (χ4v) is 7.82. The minimum atomic E-state index is -1.03. The number of aryl methyl sites for hydroxylation is 1. The van der Waals surface area contributed by atoms with Crippen LogP contribution in [0, 0.1) is 33.1 Å². The molecular weight excluding hydrogens is 584 g/mol. The lowest BCUT2D eigenvalue weighted by molar-refractivity contribution is -0.385. The number of non-ortho nitro benzene ring substituents is 2. The number of amides is 2. The van der Waals surface area contributed by atoms with Crippen molar-refractivity contribution >= 4 is 52.0 Å². The molecule has 42 heavy (non-hydrogen) atoms. The van der Waals surface area contributed by atoms with Crippen LogP contribution in [0.3, 0.4) is 0 Å². The number of thiazole rings is 1. The third-order valence-electron chi connectivity index (χ3n) is 7.16. The Morgan fingerprint density at radius 3 is 2.33 bits per heavy atom. The van der Waals surface area contributed by atoms with E-state index in [1.54, 1.807) is 0 Å². The van der Waals surface area contributed by atoms with E-state index in [0.717, 1.165) is 39.1 Å². The Morgan fingerprint density at radius 1 is 0.929 bits per heavy atom. The topological polar surface area (TPSA) is 166 Å². The second kappa shape index (κ2) is 10.5. The van der Waals surface area contributed by atoms with Gasteiger partial charge >= 0.3 is 4.87 Å². The molecule has 0 radical (unpaired) electrons. The number of ether oxygens (including phenoxy) is 1. The molecule has 6 rings (SSSR count). The second-order valence-electron chi connectivity index (χ2n) is 9.79. The summed E-state index contributed by atoms with van der Waals surface area (Å²) < 4.78 is 6.16. The highest BCUT2D eigenvalue weighted by molar-refractivity contribution is 8.00. The highest BCUT2D eigenvalue weighted by Gasteiger charge is 2.57. The van der Waals surface area contributed by atoms with Crippen LogP contribution in [0.2, 0.25) is 0 Å². The van der Waals surface area contributed by atoms with Crippen molar-refractivity contribution < 1.29 is 24.2 Å². The van der Waals surface area contributed by atoms with Gasteiger partial charge in [0.15, 0.2) is 0 Å². The SMILES string of the molecule is Cc1cccc(COc2ccc([N+](=O)[O-])cc2[C@H]2c3sc(=O)[nH]c3SC3C(=O)N(c4ccc([N+](=O)[O-])cc4)C(=O)C32)c1. The maximum Gasteiger partial charge on any atom is 0.305 e. The minimum Gasteiger partial charge on any atom is -0.489 e. The maximum absolute atomic E-state index is 14.0. The number of rotatable bonds is 7. The number of thioether (sulfide) groups is 1. The number of benzene rings is 3. The molecule has 0 bridgehead atoms. The van der Waals surface area contributed by atoms with Crippen molar-refractivity contribution in [3.8, 4) is 5.75 Å². The summed E-state index contributed by atoms with van der Waals surface area (Å²) >= 11 is 1.93. The van der Waals surface area contributed by atoms with Crippen LogP contribution in [0.15, 0.2) is 76.6 Å². The number of hydrogen-bond donors (Lipinski definition) is 1. The number of nitro groups is 2. The molecule has 3 atom stereocenters. The number of carbonyl (C=O) groups excluding carboxylic acids is 2. The molecule has 212 valence electrons. The van der Waals surface area contributed by atoms with E-state index in [4.69, 9.17) is 4.74 Å². The van der Waals surface area contributed by atoms with Crippen molar-refractivity contribution in [3.05, 3.63) is 118 Å². The minimum absolute atomic E-state index is 0.139. The quantitative estimate of drug-likeness (QED) is 0.175. The number of nitrogens with zero attached hydrogens (tertiary/aromatic N) is 3. The van der Waals surface area contributed by atoms with Crippen molar-refractivity contribution in [2.24, 2.45) is 5.92 Å². The zero-order valence-electron chi connectivity index (χ0n) is 21.7. The summed E-state index contributed by atoms with van der Waals surface area (Å²) in [6, 6.07) is 16.8. The number of nitrogens with one attached hydrogen (secondary N) is 1. The van der Waals surface area contributed by atoms with Crippen LogP contribution in [0.5, 0.6) is 5.75 Å². The fourth-order valence-electron chi connectivity index (χ4n) is 5.32. The third-order valence-corrected chi connectivity index (χ3v) is 9.56. The molecule has 14 heteroatoms. The molecule has 2 unspecified atom stereocenters. The molecule has 1 saturated heterocycles. The Hall–Kier alpha value is -4.82. The summed E-state index contributed by atoms with van der Waals surface area (Å²) in [4.78, 5) is 65.7. The fraction of sp³-hybridized carbons (Fsp3) is 0.179. The predicted octanol–water partition coefficient (Wildman–Crippen LogP) is 4.94. The molecule has 0 spiro atoms. The van der Waals surface area contributed by atoms with Crippen molar-refractivity contribution in [3.63, 3.8) is 0 Å². The summed E-state index contributed by atoms with van der Waals surface area (Å²) in [5, 5.41) is 22.4. The van der Waals surface area contributed by atoms with E-state index in [-0.39, 0.29) is 29.4 Å². The van der Waals surface area contributed by atoms with Crippen LogP contribution < -0.4 is 14.5 Å². The largest absolute Gasteiger partial charge is 0.489 e. The molecule has 3 heterocycles. The Labute approximate surface area is 245 Å². The zero-order chi connectivity index (χ0) is 29.7. The van der Waals surface area contributed by atoms with Gasteiger partial charge in [0.25, 0.3) is 11.4 Å². The molecule has 1 aromatic heterocycles. The first-order chi connectivity index (χ1) is 20.1. The Kier molecular flexibility index (Phi) is 6.86. The number of fused-ring (bicyclic) bond motifs is 2. The molecule has 3 aromatic carbocycles. The first-order valence-electron chi connectivity index (χ1n) is 12.6. The number of aromatic amines is 1. The van der Waals surface area contributed by atoms with E-state index in [9.17, 15) is 34.6 Å². The number of imide groups is 1. The van der Waals surface area contributed by atoms with Gasteiger partial charge in [-0.1, -0.05) is 52.9 Å².